The highest BCUT2D eigenvalue weighted by molar-refractivity contribution is 5.45. The van der Waals surface area contributed by atoms with E-state index < -0.39 is 0 Å². The first-order valence-corrected chi connectivity index (χ1v) is 5.16. The van der Waals surface area contributed by atoms with Gasteiger partial charge in [-0.05, 0) is 18.6 Å². The zero-order chi connectivity index (χ0) is 11.5. The van der Waals surface area contributed by atoms with Crippen molar-refractivity contribution in [2.24, 2.45) is 0 Å². The van der Waals surface area contributed by atoms with Gasteiger partial charge in [0, 0.05) is 5.92 Å². The number of hydrogen-bond donors (Lipinski definition) is 0. The van der Waals surface area contributed by atoms with E-state index in [-0.39, 0.29) is 11.7 Å². The predicted molar refractivity (Wildman–Crippen MR) is 56.2 cm³/mol. The fraction of sp³-hybridized carbons (Fsp3) is 0.364. The Bertz CT molecular complexity index is 466. The maximum atomic E-state index is 12.7. The molecule has 2 heterocycles. The van der Waals surface area contributed by atoms with Gasteiger partial charge >= 0.3 is 0 Å². The molecule has 0 saturated carbocycles. The summed E-state index contributed by atoms with van der Waals surface area (Å²) in [5, 5.41) is 7.82. The van der Waals surface area contributed by atoms with E-state index >= 15 is 0 Å². The number of nitrogens with zero attached hydrogens (tertiary/aromatic N) is 3. The Morgan fingerprint density at radius 3 is 2.81 bits per heavy atom. The minimum absolute atomic E-state index is 0.224. The standard InChI is InChI=1S/C11H12FN3O/c1-3-7(2)10-14-15-11(16-10)9-5-4-8(12)6-13-9/h4-7H,3H2,1-2H3. The summed E-state index contributed by atoms with van der Waals surface area (Å²) in [6.07, 6.45) is 2.06. The topological polar surface area (TPSA) is 51.8 Å². The van der Waals surface area contributed by atoms with Crippen LogP contribution < -0.4 is 0 Å². The third kappa shape index (κ3) is 2.08. The van der Waals surface area contributed by atoms with E-state index in [1.54, 1.807) is 0 Å². The van der Waals surface area contributed by atoms with E-state index in [0.717, 1.165) is 12.6 Å². The van der Waals surface area contributed by atoms with Crippen LogP contribution in [-0.2, 0) is 0 Å². The number of aromatic nitrogens is 3. The highest BCUT2D eigenvalue weighted by atomic mass is 19.1. The van der Waals surface area contributed by atoms with E-state index in [9.17, 15) is 4.39 Å². The third-order valence-corrected chi connectivity index (χ3v) is 2.42. The summed E-state index contributed by atoms with van der Waals surface area (Å²) < 4.78 is 18.1. The van der Waals surface area contributed by atoms with Crippen LogP contribution >= 0.6 is 0 Å². The van der Waals surface area contributed by atoms with E-state index in [1.165, 1.54) is 12.1 Å². The van der Waals surface area contributed by atoms with Crippen molar-refractivity contribution in [3.05, 3.63) is 30.0 Å². The van der Waals surface area contributed by atoms with Gasteiger partial charge < -0.3 is 4.42 Å². The zero-order valence-corrected chi connectivity index (χ0v) is 9.14. The molecular weight excluding hydrogens is 209 g/mol. The molecule has 2 rings (SSSR count). The molecule has 2 aromatic heterocycles. The van der Waals surface area contributed by atoms with Crippen molar-refractivity contribution in [2.45, 2.75) is 26.2 Å². The van der Waals surface area contributed by atoms with Gasteiger partial charge in [-0.1, -0.05) is 13.8 Å². The molecule has 84 valence electrons. The fourth-order valence-corrected chi connectivity index (χ4v) is 1.21. The van der Waals surface area contributed by atoms with Gasteiger partial charge in [0.25, 0.3) is 5.89 Å². The van der Waals surface area contributed by atoms with Crippen LogP contribution in [-0.4, -0.2) is 15.2 Å². The highest BCUT2D eigenvalue weighted by Crippen LogP contribution is 2.21. The molecule has 16 heavy (non-hydrogen) atoms. The largest absolute Gasteiger partial charge is 0.419 e. The smallest absolute Gasteiger partial charge is 0.266 e. The fourth-order valence-electron chi connectivity index (χ4n) is 1.21. The summed E-state index contributed by atoms with van der Waals surface area (Å²) in [7, 11) is 0. The number of halogens is 1. The summed E-state index contributed by atoms with van der Waals surface area (Å²) in [5.41, 5.74) is 0.489. The van der Waals surface area contributed by atoms with Crippen LogP contribution in [0.2, 0.25) is 0 Å². The molecule has 1 atom stereocenters. The van der Waals surface area contributed by atoms with Crippen LogP contribution in [0, 0.1) is 5.82 Å². The van der Waals surface area contributed by atoms with Crippen molar-refractivity contribution in [1.29, 1.82) is 0 Å². The summed E-state index contributed by atoms with van der Waals surface area (Å²) in [5.74, 6) is 0.756. The minimum atomic E-state index is -0.384. The molecule has 0 bridgehead atoms. The van der Waals surface area contributed by atoms with E-state index in [1.807, 2.05) is 13.8 Å². The molecule has 0 aliphatic rings. The van der Waals surface area contributed by atoms with Crippen molar-refractivity contribution in [1.82, 2.24) is 15.2 Å². The van der Waals surface area contributed by atoms with Crippen molar-refractivity contribution >= 4 is 0 Å². The summed E-state index contributed by atoms with van der Waals surface area (Å²) in [4.78, 5) is 3.88. The van der Waals surface area contributed by atoms with Gasteiger partial charge in [0.05, 0.1) is 6.20 Å². The number of hydrogen-bond acceptors (Lipinski definition) is 4. The van der Waals surface area contributed by atoms with Gasteiger partial charge in [0.2, 0.25) is 5.89 Å². The van der Waals surface area contributed by atoms with Gasteiger partial charge in [-0.2, -0.15) is 0 Å². The zero-order valence-electron chi connectivity index (χ0n) is 9.14. The lowest BCUT2D eigenvalue weighted by atomic mass is 10.1. The first-order valence-electron chi connectivity index (χ1n) is 5.16. The first kappa shape index (κ1) is 10.7. The van der Waals surface area contributed by atoms with E-state index in [0.29, 0.717) is 17.5 Å². The third-order valence-electron chi connectivity index (χ3n) is 2.42. The van der Waals surface area contributed by atoms with Crippen LogP contribution in [0.25, 0.3) is 11.6 Å². The number of rotatable bonds is 3. The molecule has 5 heteroatoms. The Morgan fingerprint density at radius 1 is 1.38 bits per heavy atom. The second kappa shape index (κ2) is 4.38. The van der Waals surface area contributed by atoms with Crippen molar-refractivity contribution in [2.75, 3.05) is 0 Å². The lowest BCUT2D eigenvalue weighted by Crippen LogP contribution is -1.90. The Labute approximate surface area is 92.5 Å². The molecule has 0 aliphatic carbocycles. The van der Waals surface area contributed by atoms with E-state index in [4.69, 9.17) is 4.42 Å². The quantitative estimate of drug-likeness (QED) is 0.799. The molecule has 0 aromatic carbocycles. The monoisotopic (exact) mass is 221 g/mol. The SMILES string of the molecule is CCC(C)c1nnc(-c2ccc(F)cn2)o1. The predicted octanol–water partition coefficient (Wildman–Crippen LogP) is 2.78. The molecule has 0 radical (unpaired) electrons. The van der Waals surface area contributed by atoms with E-state index in [2.05, 4.69) is 15.2 Å². The average molecular weight is 221 g/mol. The molecule has 1 unspecified atom stereocenters. The molecule has 0 N–H and O–H groups in total. The highest BCUT2D eigenvalue weighted by Gasteiger charge is 2.13. The number of pyridine rings is 1. The van der Waals surface area contributed by atoms with Gasteiger partial charge in [0.1, 0.15) is 11.5 Å². The molecule has 0 aliphatic heterocycles. The van der Waals surface area contributed by atoms with Crippen LogP contribution in [0.3, 0.4) is 0 Å². The van der Waals surface area contributed by atoms with Crippen LogP contribution in [0.4, 0.5) is 4.39 Å². The summed E-state index contributed by atoms with van der Waals surface area (Å²) in [6, 6.07) is 2.83. The molecule has 2 aromatic rings. The Morgan fingerprint density at radius 2 is 2.19 bits per heavy atom. The average Bonchev–Trinajstić information content (AvgIpc) is 2.78. The van der Waals surface area contributed by atoms with Crippen molar-refractivity contribution in [3.8, 4) is 11.6 Å². The van der Waals surface area contributed by atoms with Crippen molar-refractivity contribution < 1.29 is 8.81 Å². The Kier molecular flexibility index (Phi) is 2.94. The van der Waals surface area contributed by atoms with Crippen LogP contribution in [0.5, 0.6) is 0 Å². The normalized spacial score (nSPS) is 12.7. The molecule has 0 saturated heterocycles. The van der Waals surface area contributed by atoms with Gasteiger partial charge in [0.15, 0.2) is 0 Å². The molecule has 0 fully saturated rings. The molecule has 0 spiro atoms. The Balaban J connectivity index is 2.28. The lowest BCUT2D eigenvalue weighted by molar-refractivity contribution is 0.461. The molecule has 0 amide bonds. The molecule has 4 nitrogen and oxygen atoms in total. The van der Waals surface area contributed by atoms with Crippen LogP contribution in [0.15, 0.2) is 22.7 Å². The second-order valence-electron chi connectivity index (χ2n) is 3.62. The summed E-state index contributed by atoms with van der Waals surface area (Å²) in [6.45, 7) is 4.06. The van der Waals surface area contributed by atoms with Gasteiger partial charge in [-0.3, -0.25) is 0 Å². The minimum Gasteiger partial charge on any atom is -0.419 e. The first-order chi connectivity index (χ1) is 7.70. The van der Waals surface area contributed by atoms with Crippen LogP contribution in [0.1, 0.15) is 32.1 Å². The van der Waals surface area contributed by atoms with Crippen molar-refractivity contribution in [3.63, 3.8) is 0 Å². The molecular formula is C11H12FN3O. The second-order valence-corrected chi connectivity index (χ2v) is 3.62. The maximum absolute atomic E-state index is 12.7. The van der Waals surface area contributed by atoms with Gasteiger partial charge in [-0.15, -0.1) is 10.2 Å². The maximum Gasteiger partial charge on any atom is 0.266 e. The van der Waals surface area contributed by atoms with Gasteiger partial charge in [-0.25, -0.2) is 9.37 Å². The summed E-state index contributed by atoms with van der Waals surface area (Å²) >= 11 is 0. The lowest BCUT2D eigenvalue weighted by Gasteiger charge is -1.99. The Hall–Kier alpha value is -1.78.